The van der Waals surface area contributed by atoms with Crippen LogP contribution in [0, 0.1) is 11.8 Å². The molecule has 0 aliphatic carbocycles. The van der Waals surface area contributed by atoms with Crippen LogP contribution in [0.2, 0.25) is 0 Å². The minimum atomic E-state index is -4.48. The van der Waals surface area contributed by atoms with Gasteiger partial charge in [-0.25, -0.2) is 0 Å². The summed E-state index contributed by atoms with van der Waals surface area (Å²) in [6.07, 6.45) is -3.69. The number of nitrogens with zero attached hydrogens (tertiary/aromatic N) is 1. The minimum absolute atomic E-state index is 0.138. The quantitative estimate of drug-likeness (QED) is 0.647. The van der Waals surface area contributed by atoms with Crippen LogP contribution in [-0.4, -0.2) is 43.5 Å². The first-order valence-electron chi connectivity index (χ1n) is 11.0. The lowest BCUT2D eigenvalue weighted by Crippen LogP contribution is -2.36. The van der Waals surface area contributed by atoms with Crippen molar-refractivity contribution in [1.29, 1.82) is 0 Å². The van der Waals surface area contributed by atoms with E-state index in [1.165, 1.54) is 13.2 Å². The maximum Gasteiger partial charge on any atom is 0.416 e. The molecule has 2 atom stereocenters. The van der Waals surface area contributed by atoms with E-state index in [1.807, 2.05) is 13.8 Å². The number of alkyl halides is 3. The van der Waals surface area contributed by atoms with Crippen molar-refractivity contribution in [1.82, 2.24) is 10.2 Å². The summed E-state index contributed by atoms with van der Waals surface area (Å²) in [5.74, 6) is -0.676. The number of hydrogen-bond acceptors (Lipinski definition) is 3. The molecule has 1 aliphatic rings. The van der Waals surface area contributed by atoms with Crippen LogP contribution in [0.1, 0.15) is 47.7 Å². The summed E-state index contributed by atoms with van der Waals surface area (Å²) in [6, 6.07) is 11.6. The highest BCUT2D eigenvalue weighted by molar-refractivity contribution is 5.95. The molecule has 2 unspecified atom stereocenters. The van der Waals surface area contributed by atoms with Crippen molar-refractivity contribution in [2.24, 2.45) is 11.8 Å². The van der Waals surface area contributed by atoms with Gasteiger partial charge in [-0.2, -0.15) is 13.2 Å². The standard InChI is InChI=1S/C25H29F3N2O3/c1-16(2)11-12-29-23(31)22-15-30(24(32)17-7-9-20(33-3)10-8-17)14-21(22)18-5-4-6-19(13-18)25(26,27)28/h4-10,13,16,21-22H,11-12,14-15H2,1-3H3,(H,29,31). The second kappa shape index (κ2) is 10.3. The molecule has 8 heteroatoms. The van der Waals surface area contributed by atoms with Crippen molar-refractivity contribution in [2.45, 2.75) is 32.4 Å². The van der Waals surface area contributed by atoms with Crippen molar-refractivity contribution in [2.75, 3.05) is 26.7 Å². The van der Waals surface area contributed by atoms with Crippen LogP contribution in [0.5, 0.6) is 5.75 Å². The highest BCUT2D eigenvalue weighted by atomic mass is 19.4. The monoisotopic (exact) mass is 462 g/mol. The van der Waals surface area contributed by atoms with Gasteiger partial charge in [0.2, 0.25) is 5.91 Å². The fourth-order valence-electron chi connectivity index (χ4n) is 4.05. The number of hydrogen-bond donors (Lipinski definition) is 1. The number of likely N-dealkylation sites (tertiary alicyclic amines) is 1. The van der Waals surface area contributed by atoms with E-state index in [1.54, 1.807) is 35.2 Å². The summed E-state index contributed by atoms with van der Waals surface area (Å²) in [4.78, 5) is 27.6. The van der Waals surface area contributed by atoms with E-state index in [2.05, 4.69) is 5.32 Å². The van der Waals surface area contributed by atoms with Gasteiger partial charge in [-0.1, -0.05) is 32.0 Å². The van der Waals surface area contributed by atoms with Crippen molar-refractivity contribution in [3.63, 3.8) is 0 Å². The van der Waals surface area contributed by atoms with Gasteiger partial charge < -0.3 is 15.0 Å². The summed E-state index contributed by atoms with van der Waals surface area (Å²) < 4.78 is 45.0. The van der Waals surface area contributed by atoms with Crippen LogP contribution in [0.25, 0.3) is 0 Å². The summed E-state index contributed by atoms with van der Waals surface area (Å²) in [5.41, 5.74) is 0.0669. The van der Waals surface area contributed by atoms with Gasteiger partial charge in [0.15, 0.2) is 0 Å². The van der Waals surface area contributed by atoms with Crippen LogP contribution in [-0.2, 0) is 11.0 Å². The number of halogens is 3. The van der Waals surface area contributed by atoms with Crippen molar-refractivity contribution >= 4 is 11.8 Å². The molecule has 3 rings (SSSR count). The minimum Gasteiger partial charge on any atom is -0.497 e. The topological polar surface area (TPSA) is 58.6 Å². The van der Waals surface area contributed by atoms with Gasteiger partial charge in [-0.15, -0.1) is 0 Å². The van der Waals surface area contributed by atoms with E-state index >= 15 is 0 Å². The Morgan fingerprint density at radius 1 is 1.12 bits per heavy atom. The molecule has 1 heterocycles. The van der Waals surface area contributed by atoms with Crippen molar-refractivity contribution in [3.05, 3.63) is 65.2 Å². The largest absolute Gasteiger partial charge is 0.497 e. The zero-order chi connectivity index (χ0) is 24.2. The zero-order valence-corrected chi connectivity index (χ0v) is 19.0. The van der Waals surface area contributed by atoms with E-state index < -0.39 is 23.6 Å². The highest BCUT2D eigenvalue weighted by Gasteiger charge is 2.41. The van der Waals surface area contributed by atoms with E-state index in [9.17, 15) is 22.8 Å². The van der Waals surface area contributed by atoms with Gasteiger partial charge in [-0.05, 0) is 48.2 Å². The molecule has 0 radical (unpaired) electrons. The predicted octanol–water partition coefficient (Wildman–Crippen LogP) is 4.73. The molecule has 5 nitrogen and oxygen atoms in total. The van der Waals surface area contributed by atoms with Crippen molar-refractivity contribution in [3.8, 4) is 5.75 Å². The average molecular weight is 463 g/mol. The number of carbonyl (C=O) groups excluding carboxylic acids is 2. The van der Waals surface area contributed by atoms with Crippen LogP contribution >= 0.6 is 0 Å². The third-order valence-corrected chi connectivity index (χ3v) is 5.94. The van der Waals surface area contributed by atoms with Gasteiger partial charge in [0.25, 0.3) is 5.91 Å². The Balaban J connectivity index is 1.86. The third-order valence-electron chi connectivity index (χ3n) is 5.94. The normalized spacial score (nSPS) is 18.5. The van der Waals surface area contributed by atoms with Gasteiger partial charge in [0, 0.05) is 31.1 Å². The van der Waals surface area contributed by atoms with Crippen molar-refractivity contribution < 1.29 is 27.5 Å². The number of carbonyl (C=O) groups is 2. The second-order valence-electron chi connectivity index (χ2n) is 8.75. The molecule has 0 aromatic heterocycles. The average Bonchev–Trinajstić information content (AvgIpc) is 3.23. The molecule has 1 aliphatic heterocycles. The number of benzene rings is 2. The van der Waals surface area contributed by atoms with Crippen LogP contribution in [0.3, 0.4) is 0 Å². The lowest BCUT2D eigenvalue weighted by molar-refractivity contribution is -0.137. The number of methoxy groups -OCH3 is 1. The van der Waals surface area contributed by atoms with E-state index in [-0.39, 0.29) is 24.9 Å². The molecule has 2 aromatic carbocycles. The first-order valence-corrected chi connectivity index (χ1v) is 11.0. The first kappa shape index (κ1) is 24.6. The maximum absolute atomic E-state index is 13.3. The number of nitrogens with one attached hydrogen (secondary N) is 1. The number of rotatable bonds is 7. The number of amides is 2. The summed E-state index contributed by atoms with van der Waals surface area (Å²) >= 11 is 0. The molecule has 2 amide bonds. The molecule has 0 saturated carbocycles. The Morgan fingerprint density at radius 2 is 1.82 bits per heavy atom. The summed E-state index contributed by atoms with van der Waals surface area (Å²) in [5, 5.41) is 2.90. The Kier molecular flexibility index (Phi) is 7.66. The fraction of sp³-hybridized carbons (Fsp3) is 0.440. The Labute approximate surface area is 191 Å². The summed E-state index contributed by atoms with van der Waals surface area (Å²) in [7, 11) is 1.53. The molecular formula is C25H29F3N2O3. The first-order chi connectivity index (χ1) is 15.6. The Bertz CT molecular complexity index is 974. The highest BCUT2D eigenvalue weighted by Crippen LogP contribution is 2.37. The van der Waals surface area contributed by atoms with E-state index in [0.717, 1.165) is 18.6 Å². The fourth-order valence-corrected chi connectivity index (χ4v) is 4.05. The molecule has 1 fully saturated rings. The van der Waals surface area contributed by atoms with Crippen LogP contribution in [0.4, 0.5) is 13.2 Å². The molecule has 1 saturated heterocycles. The lowest BCUT2D eigenvalue weighted by atomic mass is 9.87. The molecule has 0 bridgehead atoms. The maximum atomic E-state index is 13.3. The molecule has 178 valence electrons. The smallest absolute Gasteiger partial charge is 0.416 e. The second-order valence-corrected chi connectivity index (χ2v) is 8.75. The van der Waals surface area contributed by atoms with Gasteiger partial charge in [0.1, 0.15) is 5.75 Å². The molecule has 2 aromatic rings. The molecule has 1 N–H and O–H groups in total. The SMILES string of the molecule is COc1ccc(C(=O)N2CC(C(=O)NCCC(C)C)C(c3cccc(C(F)(F)F)c3)C2)cc1. The molecule has 33 heavy (non-hydrogen) atoms. The lowest BCUT2D eigenvalue weighted by Gasteiger charge is -2.19. The zero-order valence-electron chi connectivity index (χ0n) is 19.0. The Morgan fingerprint density at radius 3 is 2.42 bits per heavy atom. The van der Waals surface area contributed by atoms with E-state index in [0.29, 0.717) is 29.3 Å². The third kappa shape index (κ3) is 6.06. The number of ether oxygens (including phenoxy) is 1. The Hall–Kier alpha value is -3.03. The van der Waals surface area contributed by atoms with Crippen LogP contribution in [0.15, 0.2) is 48.5 Å². The van der Waals surface area contributed by atoms with Gasteiger partial charge >= 0.3 is 6.18 Å². The molecule has 0 spiro atoms. The van der Waals surface area contributed by atoms with Gasteiger partial charge in [0.05, 0.1) is 18.6 Å². The molecular weight excluding hydrogens is 433 g/mol. The van der Waals surface area contributed by atoms with Crippen LogP contribution < -0.4 is 10.1 Å². The summed E-state index contributed by atoms with van der Waals surface area (Å²) in [6.45, 7) is 4.87. The van der Waals surface area contributed by atoms with Gasteiger partial charge in [-0.3, -0.25) is 9.59 Å². The predicted molar refractivity (Wildman–Crippen MR) is 119 cm³/mol. The van der Waals surface area contributed by atoms with E-state index in [4.69, 9.17) is 4.74 Å².